The van der Waals surface area contributed by atoms with Crippen molar-refractivity contribution in [3.63, 3.8) is 0 Å². The average molecular weight is 384 g/mol. The van der Waals surface area contributed by atoms with Crippen LogP contribution >= 0.6 is 0 Å². The summed E-state index contributed by atoms with van der Waals surface area (Å²) in [5, 5.41) is 10.7. The highest BCUT2D eigenvalue weighted by molar-refractivity contribution is 6.77. The molecule has 1 saturated heterocycles. The Kier molecular flexibility index (Phi) is 7.36. The highest BCUT2D eigenvalue weighted by Crippen LogP contribution is 2.50. The zero-order valence-corrected chi connectivity index (χ0v) is 18.9. The van der Waals surface area contributed by atoms with Crippen molar-refractivity contribution in [3.05, 3.63) is 0 Å². The lowest BCUT2D eigenvalue weighted by Crippen LogP contribution is -2.48. The zero-order chi connectivity index (χ0) is 19.5. The molecule has 0 radical (unpaired) electrons. The maximum absolute atomic E-state index is 12.2. The summed E-state index contributed by atoms with van der Waals surface area (Å²) in [6.07, 6.45) is 5.13. The Labute approximate surface area is 161 Å². The molecule has 2 rings (SSSR count). The Hall–Kier alpha value is -0.393. The van der Waals surface area contributed by atoms with Crippen LogP contribution in [0.1, 0.15) is 80.1 Å². The van der Waals surface area contributed by atoms with E-state index >= 15 is 0 Å². The molecule has 1 heterocycles. The van der Waals surface area contributed by atoms with E-state index in [0.717, 1.165) is 45.4 Å². The molecule has 0 aromatic heterocycles. The van der Waals surface area contributed by atoms with Gasteiger partial charge in [-0.2, -0.15) is 0 Å². The van der Waals surface area contributed by atoms with E-state index in [1.807, 2.05) is 4.90 Å². The summed E-state index contributed by atoms with van der Waals surface area (Å²) >= 11 is 0. The molecule has 1 amide bonds. The average Bonchev–Trinajstić information content (AvgIpc) is 2.97. The molecule has 26 heavy (non-hydrogen) atoms. The van der Waals surface area contributed by atoms with Gasteiger partial charge in [-0.3, -0.25) is 4.79 Å². The van der Waals surface area contributed by atoms with E-state index < -0.39 is 13.9 Å². The number of nitrogens with zero attached hydrogens (tertiary/aromatic N) is 1. The van der Waals surface area contributed by atoms with E-state index in [0.29, 0.717) is 35.4 Å². The molecule has 0 bridgehead atoms. The summed E-state index contributed by atoms with van der Waals surface area (Å²) in [5.74, 6) is 0.538. The molecule has 5 heteroatoms. The van der Waals surface area contributed by atoms with Crippen LogP contribution in [-0.4, -0.2) is 49.5 Å². The van der Waals surface area contributed by atoms with Crippen molar-refractivity contribution in [3.8, 4) is 0 Å². The van der Waals surface area contributed by atoms with E-state index in [1.165, 1.54) is 0 Å². The Morgan fingerprint density at radius 2 is 1.65 bits per heavy atom. The first-order valence-electron chi connectivity index (χ1n) is 10.8. The molecule has 4 nitrogen and oxygen atoms in total. The maximum atomic E-state index is 12.2. The molecule has 0 spiro atoms. The van der Waals surface area contributed by atoms with Gasteiger partial charge in [0.25, 0.3) is 0 Å². The lowest BCUT2D eigenvalue weighted by molar-refractivity contribution is -0.130. The van der Waals surface area contributed by atoms with Crippen LogP contribution < -0.4 is 0 Å². The van der Waals surface area contributed by atoms with Crippen molar-refractivity contribution < 1.29 is 14.3 Å². The SMILES string of the molecule is CC(C)[Si](OCCC1C[C@]1(O)CCC(=O)N1CCCC1)(C(C)C)C(C)C. The van der Waals surface area contributed by atoms with E-state index in [2.05, 4.69) is 41.5 Å². The molecule has 2 aliphatic rings. The smallest absolute Gasteiger partial charge is 0.222 e. The van der Waals surface area contributed by atoms with Crippen LogP contribution in [0.25, 0.3) is 0 Å². The zero-order valence-electron chi connectivity index (χ0n) is 17.9. The van der Waals surface area contributed by atoms with Gasteiger partial charge in [-0.05, 0) is 54.6 Å². The Bertz CT molecular complexity index is 452. The van der Waals surface area contributed by atoms with Crippen molar-refractivity contribution >= 4 is 14.2 Å². The van der Waals surface area contributed by atoms with Crippen LogP contribution in [0, 0.1) is 5.92 Å². The molecule has 2 fully saturated rings. The van der Waals surface area contributed by atoms with Crippen LogP contribution in [0.3, 0.4) is 0 Å². The summed E-state index contributed by atoms with van der Waals surface area (Å²) in [4.78, 5) is 14.1. The molecule has 1 saturated carbocycles. The maximum Gasteiger partial charge on any atom is 0.222 e. The van der Waals surface area contributed by atoms with Crippen LogP contribution in [0.5, 0.6) is 0 Å². The summed E-state index contributed by atoms with van der Waals surface area (Å²) in [6.45, 7) is 16.4. The van der Waals surface area contributed by atoms with Gasteiger partial charge in [-0.25, -0.2) is 0 Å². The third kappa shape index (κ3) is 4.71. The van der Waals surface area contributed by atoms with Gasteiger partial charge in [0.05, 0.1) is 5.60 Å². The summed E-state index contributed by atoms with van der Waals surface area (Å²) in [6, 6.07) is 0. The Balaban J connectivity index is 1.77. The number of amides is 1. The topological polar surface area (TPSA) is 49.8 Å². The second-order valence-electron chi connectivity index (χ2n) is 9.55. The minimum absolute atomic E-state index is 0.226. The van der Waals surface area contributed by atoms with Gasteiger partial charge in [0.2, 0.25) is 5.91 Å². The highest BCUT2D eigenvalue weighted by Gasteiger charge is 2.52. The number of carbonyl (C=O) groups excluding carboxylic acids is 1. The van der Waals surface area contributed by atoms with Gasteiger partial charge in [0.15, 0.2) is 8.32 Å². The normalized spacial score (nSPS) is 26.4. The van der Waals surface area contributed by atoms with E-state index in [9.17, 15) is 9.90 Å². The molecule has 0 aromatic carbocycles. The molecule has 2 atom stereocenters. The van der Waals surface area contributed by atoms with Gasteiger partial charge < -0.3 is 14.4 Å². The molecule has 1 aliphatic heterocycles. The largest absolute Gasteiger partial charge is 0.416 e. The summed E-state index contributed by atoms with van der Waals surface area (Å²) in [5.41, 5.74) is 1.17. The van der Waals surface area contributed by atoms with E-state index in [4.69, 9.17) is 4.43 Å². The standard InChI is InChI=1S/C21H41NO3Si/c1-16(2)26(17(3)4,18(5)6)25-14-10-19-15-21(19,24)11-9-20(23)22-12-7-8-13-22/h16-19,24H,7-15H2,1-6H3/t19?,21-/m1/s1. The highest BCUT2D eigenvalue weighted by atomic mass is 28.4. The number of hydrogen-bond donors (Lipinski definition) is 1. The molecule has 0 aromatic rings. The van der Waals surface area contributed by atoms with Crippen molar-refractivity contribution in [2.45, 2.75) is 102 Å². The predicted octanol–water partition coefficient (Wildman–Crippen LogP) is 4.72. The van der Waals surface area contributed by atoms with Gasteiger partial charge >= 0.3 is 0 Å². The first-order valence-corrected chi connectivity index (χ1v) is 12.9. The number of likely N-dealkylation sites (tertiary alicyclic amines) is 1. The number of rotatable bonds is 10. The molecule has 1 N–H and O–H groups in total. The van der Waals surface area contributed by atoms with Crippen LogP contribution in [0.2, 0.25) is 16.6 Å². The quantitative estimate of drug-likeness (QED) is 0.555. The van der Waals surface area contributed by atoms with Crippen molar-refractivity contribution in [1.29, 1.82) is 0 Å². The second-order valence-corrected chi connectivity index (χ2v) is 15.0. The van der Waals surface area contributed by atoms with Crippen LogP contribution in [-0.2, 0) is 9.22 Å². The van der Waals surface area contributed by atoms with Crippen molar-refractivity contribution in [2.24, 2.45) is 5.92 Å². The van der Waals surface area contributed by atoms with Gasteiger partial charge in [0.1, 0.15) is 0 Å². The van der Waals surface area contributed by atoms with Gasteiger partial charge in [-0.1, -0.05) is 41.5 Å². The minimum atomic E-state index is -1.81. The van der Waals surface area contributed by atoms with E-state index in [-0.39, 0.29) is 5.91 Å². The van der Waals surface area contributed by atoms with Crippen molar-refractivity contribution in [2.75, 3.05) is 19.7 Å². The van der Waals surface area contributed by atoms with Crippen LogP contribution in [0.4, 0.5) is 0 Å². The summed E-state index contributed by atoms with van der Waals surface area (Å²) in [7, 11) is -1.81. The lowest BCUT2D eigenvalue weighted by atomic mass is 10.1. The molecular formula is C21H41NO3Si. The first kappa shape index (κ1) is 21.9. The minimum Gasteiger partial charge on any atom is -0.416 e. The summed E-state index contributed by atoms with van der Waals surface area (Å²) < 4.78 is 6.62. The number of aliphatic hydroxyl groups is 1. The fourth-order valence-electron chi connectivity index (χ4n) is 5.37. The fourth-order valence-corrected chi connectivity index (χ4v) is 10.8. The molecule has 152 valence electrons. The van der Waals surface area contributed by atoms with Gasteiger partial charge in [-0.15, -0.1) is 0 Å². The number of carbonyl (C=O) groups is 1. The third-order valence-electron chi connectivity index (χ3n) is 6.96. The second kappa shape index (κ2) is 8.74. The Morgan fingerprint density at radius 3 is 2.15 bits per heavy atom. The fraction of sp³-hybridized carbons (Fsp3) is 0.952. The molecule has 1 unspecified atom stereocenters. The monoisotopic (exact) mass is 383 g/mol. The molecule has 1 aliphatic carbocycles. The van der Waals surface area contributed by atoms with E-state index in [1.54, 1.807) is 0 Å². The predicted molar refractivity (Wildman–Crippen MR) is 110 cm³/mol. The van der Waals surface area contributed by atoms with Crippen molar-refractivity contribution in [1.82, 2.24) is 4.90 Å². The van der Waals surface area contributed by atoms with Crippen LogP contribution in [0.15, 0.2) is 0 Å². The third-order valence-corrected chi connectivity index (χ3v) is 13.1. The van der Waals surface area contributed by atoms with Gasteiger partial charge in [0, 0.05) is 26.1 Å². The number of hydrogen-bond acceptors (Lipinski definition) is 3. The molecular weight excluding hydrogens is 342 g/mol. The lowest BCUT2D eigenvalue weighted by Gasteiger charge is -2.42. The first-order chi connectivity index (χ1) is 12.1. The Morgan fingerprint density at radius 1 is 1.12 bits per heavy atom.